The number of hydrogen-bond acceptors (Lipinski definition) is 4. The number of benzene rings is 1. The Morgan fingerprint density at radius 3 is 2.50 bits per heavy atom. The second-order valence-corrected chi connectivity index (χ2v) is 6.15. The largest absolute Gasteiger partial charge is 0.348 e. The highest BCUT2D eigenvalue weighted by Crippen LogP contribution is 2.22. The van der Waals surface area contributed by atoms with Gasteiger partial charge in [0.25, 0.3) is 5.91 Å². The van der Waals surface area contributed by atoms with Gasteiger partial charge in [-0.05, 0) is 31.9 Å². The molecular formula is C19H24N4O. The summed E-state index contributed by atoms with van der Waals surface area (Å²) in [6.45, 7) is 2.85. The maximum absolute atomic E-state index is 12.3. The normalized spacial score (nSPS) is 15.0. The van der Waals surface area contributed by atoms with Crippen molar-refractivity contribution in [1.82, 2.24) is 15.3 Å². The van der Waals surface area contributed by atoms with Gasteiger partial charge in [-0.15, -0.1) is 0 Å². The molecule has 1 fully saturated rings. The van der Waals surface area contributed by atoms with Gasteiger partial charge in [-0.2, -0.15) is 0 Å². The third kappa shape index (κ3) is 3.91. The summed E-state index contributed by atoms with van der Waals surface area (Å²) in [4.78, 5) is 23.1. The quantitative estimate of drug-likeness (QED) is 0.911. The number of rotatable bonds is 5. The number of carbonyl (C=O) groups is 1. The van der Waals surface area contributed by atoms with Crippen molar-refractivity contribution in [3.8, 4) is 0 Å². The summed E-state index contributed by atoms with van der Waals surface area (Å²) in [5.41, 5.74) is 1.45. The van der Waals surface area contributed by atoms with E-state index in [0.29, 0.717) is 5.69 Å². The van der Waals surface area contributed by atoms with E-state index in [1.54, 1.807) is 12.4 Å². The summed E-state index contributed by atoms with van der Waals surface area (Å²) in [5.74, 6) is 0.627. The van der Waals surface area contributed by atoms with E-state index in [9.17, 15) is 4.79 Å². The van der Waals surface area contributed by atoms with Crippen molar-refractivity contribution in [3.05, 3.63) is 48.4 Å². The molecule has 2 aromatic rings. The zero-order valence-electron chi connectivity index (χ0n) is 14.1. The maximum atomic E-state index is 12.3. The molecule has 0 aliphatic heterocycles. The Hall–Kier alpha value is -2.43. The summed E-state index contributed by atoms with van der Waals surface area (Å²) in [7, 11) is 0. The van der Waals surface area contributed by atoms with Crippen LogP contribution in [-0.2, 0) is 0 Å². The van der Waals surface area contributed by atoms with Gasteiger partial charge in [-0.25, -0.2) is 9.97 Å². The molecule has 1 N–H and O–H groups in total. The zero-order chi connectivity index (χ0) is 16.8. The summed E-state index contributed by atoms with van der Waals surface area (Å²) in [6.07, 6.45) is 9.03. The molecule has 24 heavy (non-hydrogen) atoms. The van der Waals surface area contributed by atoms with E-state index in [1.807, 2.05) is 30.3 Å². The molecule has 0 atom stereocenters. The summed E-state index contributed by atoms with van der Waals surface area (Å²) >= 11 is 0. The molecule has 1 aromatic carbocycles. The molecule has 1 amide bonds. The van der Waals surface area contributed by atoms with Crippen molar-refractivity contribution in [2.45, 2.75) is 45.1 Å². The van der Waals surface area contributed by atoms with Crippen molar-refractivity contribution in [1.29, 1.82) is 0 Å². The van der Waals surface area contributed by atoms with Gasteiger partial charge in [-0.3, -0.25) is 4.79 Å². The zero-order valence-corrected chi connectivity index (χ0v) is 14.1. The number of nitrogens with zero attached hydrogens (tertiary/aromatic N) is 3. The molecular weight excluding hydrogens is 300 g/mol. The van der Waals surface area contributed by atoms with Crippen LogP contribution >= 0.6 is 0 Å². The minimum atomic E-state index is -0.122. The van der Waals surface area contributed by atoms with Gasteiger partial charge in [0.15, 0.2) is 5.82 Å². The van der Waals surface area contributed by atoms with Crippen LogP contribution in [0.5, 0.6) is 0 Å². The fourth-order valence-corrected chi connectivity index (χ4v) is 3.17. The smallest absolute Gasteiger partial charge is 0.271 e. The first-order chi connectivity index (χ1) is 11.8. The summed E-state index contributed by atoms with van der Waals surface area (Å²) in [5, 5.41) is 3.07. The molecule has 0 spiro atoms. The van der Waals surface area contributed by atoms with E-state index in [4.69, 9.17) is 0 Å². The molecule has 1 aliphatic carbocycles. The van der Waals surface area contributed by atoms with Crippen LogP contribution in [0.25, 0.3) is 0 Å². The molecule has 0 saturated heterocycles. The van der Waals surface area contributed by atoms with Crippen LogP contribution < -0.4 is 10.2 Å². The van der Waals surface area contributed by atoms with E-state index in [1.165, 1.54) is 19.3 Å². The first-order valence-corrected chi connectivity index (χ1v) is 8.73. The minimum Gasteiger partial charge on any atom is -0.348 e. The third-order valence-electron chi connectivity index (χ3n) is 4.47. The van der Waals surface area contributed by atoms with Crippen molar-refractivity contribution in [3.63, 3.8) is 0 Å². The topological polar surface area (TPSA) is 58.1 Å². The molecule has 1 aliphatic rings. The van der Waals surface area contributed by atoms with Gasteiger partial charge in [0.1, 0.15) is 5.69 Å². The Morgan fingerprint density at radius 2 is 1.88 bits per heavy atom. The lowest BCUT2D eigenvalue weighted by atomic mass is 9.95. The first kappa shape index (κ1) is 16.4. The van der Waals surface area contributed by atoms with E-state index in [-0.39, 0.29) is 11.9 Å². The number of aromatic nitrogens is 2. The monoisotopic (exact) mass is 324 g/mol. The van der Waals surface area contributed by atoms with Crippen molar-refractivity contribution >= 4 is 17.4 Å². The standard InChI is InChI=1S/C19H24N4O/c1-2-23(16-11-7-4-8-12-16)18-14-20-17(13-21-18)19(24)22-15-9-5-3-6-10-15/h4,7-8,11-15H,2-3,5-6,9-10H2,1H3,(H,22,24). The van der Waals surface area contributed by atoms with Gasteiger partial charge in [0, 0.05) is 18.3 Å². The second-order valence-electron chi connectivity index (χ2n) is 6.15. The predicted molar refractivity (Wildman–Crippen MR) is 95.5 cm³/mol. The van der Waals surface area contributed by atoms with Crippen LogP contribution in [0.4, 0.5) is 11.5 Å². The molecule has 5 nitrogen and oxygen atoms in total. The maximum Gasteiger partial charge on any atom is 0.271 e. The highest BCUT2D eigenvalue weighted by molar-refractivity contribution is 5.92. The number of amides is 1. The molecule has 1 heterocycles. The Bertz CT molecular complexity index is 651. The molecule has 126 valence electrons. The van der Waals surface area contributed by atoms with Gasteiger partial charge in [0.2, 0.25) is 0 Å². The fraction of sp³-hybridized carbons (Fsp3) is 0.421. The lowest BCUT2D eigenvalue weighted by Crippen LogP contribution is -2.36. The van der Waals surface area contributed by atoms with Gasteiger partial charge >= 0.3 is 0 Å². The van der Waals surface area contributed by atoms with Crippen LogP contribution in [0.1, 0.15) is 49.5 Å². The van der Waals surface area contributed by atoms with E-state index < -0.39 is 0 Å². The second kappa shape index (κ2) is 7.90. The van der Waals surface area contributed by atoms with Gasteiger partial charge < -0.3 is 10.2 Å². The third-order valence-corrected chi connectivity index (χ3v) is 4.47. The molecule has 0 unspecified atom stereocenters. The number of carbonyl (C=O) groups excluding carboxylic acids is 1. The summed E-state index contributed by atoms with van der Waals surface area (Å²) < 4.78 is 0. The lowest BCUT2D eigenvalue weighted by molar-refractivity contribution is 0.0922. The van der Waals surface area contributed by atoms with Crippen molar-refractivity contribution < 1.29 is 4.79 Å². The molecule has 3 rings (SSSR count). The average Bonchev–Trinajstić information content (AvgIpc) is 2.65. The van der Waals surface area contributed by atoms with Crippen molar-refractivity contribution in [2.75, 3.05) is 11.4 Å². The van der Waals surface area contributed by atoms with Crippen LogP contribution in [0.15, 0.2) is 42.7 Å². The number of hydrogen-bond donors (Lipinski definition) is 1. The summed E-state index contributed by atoms with van der Waals surface area (Å²) in [6, 6.07) is 10.3. The highest BCUT2D eigenvalue weighted by atomic mass is 16.1. The Morgan fingerprint density at radius 1 is 1.12 bits per heavy atom. The number of nitrogens with one attached hydrogen (secondary N) is 1. The Kier molecular flexibility index (Phi) is 5.41. The molecule has 5 heteroatoms. The number of para-hydroxylation sites is 1. The van der Waals surface area contributed by atoms with Crippen LogP contribution in [0.3, 0.4) is 0 Å². The Balaban J connectivity index is 1.69. The SMILES string of the molecule is CCN(c1ccccc1)c1cnc(C(=O)NC2CCCCC2)cn1. The minimum absolute atomic E-state index is 0.122. The lowest BCUT2D eigenvalue weighted by Gasteiger charge is -2.23. The Labute approximate surface area is 143 Å². The van der Waals surface area contributed by atoms with Crippen molar-refractivity contribution in [2.24, 2.45) is 0 Å². The van der Waals surface area contributed by atoms with E-state index in [2.05, 4.69) is 27.1 Å². The fourth-order valence-electron chi connectivity index (χ4n) is 3.17. The first-order valence-electron chi connectivity index (χ1n) is 8.73. The predicted octanol–water partition coefficient (Wildman–Crippen LogP) is 3.70. The van der Waals surface area contributed by atoms with Crippen LogP contribution in [0, 0.1) is 0 Å². The molecule has 1 saturated carbocycles. The molecule has 0 radical (unpaired) electrons. The molecule has 0 bridgehead atoms. The van der Waals surface area contributed by atoms with Gasteiger partial charge in [0.05, 0.1) is 12.4 Å². The van der Waals surface area contributed by atoms with E-state index >= 15 is 0 Å². The molecule has 1 aromatic heterocycles. The average molecular weight is 324 g/mol. The van der Waals surface area contributed by atoms with Crippen LogP contribution in [0.2, 0.25) is 0 Å². The van der Waals surface area contributed by atoms with Crippen LogP contribution in [-0.4, -0.2) is 28.5 Å². The highest BCUT2D eigenvalue weighted by Gasteiger charge is 2.18. The van der Waals surface area contributed by atoms with E-state index in [0.717, 1.165) is 30.9 Å². The number of anilines is 2. The van der Waals surface area contributed by atoms with Gasteiger partial charge in [-0.1, -0.05) is 37.5 Å².